The Kier molecular flexibility index (Phi) is 3.31. The Labute approximate surface area is 89.2 Å². The fourth-order valence-corrected chi connectivity index (χ4v) is 2.30. The maximum absolute atomic E-state index is 13.2. The van der Waals surface area contributed by atoms with Crippen LogP contribution in [0.2, 0.25) is 0 Å². The number of aliphatic imine (C=N–C) groups is 1. The van der Waals surface area contributed by atoms with E-state index in [1.807, 2.05) is 6.21 Å². The highest BCUT2D eigenvalue weighted by Gasteiger charge is 2.25. The van der Waals surface area contributed by atoms with Gasteiger partial charge in [-0.15, -0.1) is 0 Å². The van der Waals surface area contributed by atoms with Gasteiger partial charge in [-0.2, -0.15) is 0 Å². The monoisotopic (exact) mass is 209 g/mol. The number of rotatable bonds is 3. The van der Waals surface area contributed by atoms with Gasteiger partial charge in [0.2, 0.25) is 0 Å². The van der Waals surface area contributed by atoms with Gasteiger partial charge in [0, 0.05) is 6.61 Å². The van der Waals surface area contributed by atoms with E-state index in [-0.39, 0.29) is 24.4 Å². The summed E-state index contributed by atoms with van der Waals surface area (Å²) in [6.45, 7) is 0.161. The van der Waals surface area contributed by atoms with Gasteiger partial charge in [-0.3, -0.25) is 4.99 Å². The maximum atomic E-state index is 13.2. The lowest BCUT2D eigenvalue weighted by Gasteiger charge is -2.24. The second-order valence-corrected chi connectivity index (χ2v) is 4.10. The van der Waals surface area contributed by atoms with Gasteiger partial charge < -0.3 is 5.11 Å². The van der Waals surface area contributed by atoms with Crippen LogP contribution in [-0.2, 0) is 0 Å². The predicted molar refractivity (Wildman–Crippen MR) is 58.6 cm³/mol. The smallest absolute Gasteiger partial charge is 0.119 e. The van der Waals surface area contributed by atoms with Gasteiger partial charge in [-0.1, -0.05) is 0 Å². The first-order valence-electron chi connectivity index (χ1n) is 5.51. The molecule has 0 saturated carbocycles. The lowest BCUT2D eigenvalue weighted by molar-refractivity contribution is 0.263. The van der Waals surface area contributed by atoms with E-state index in [0.717, 1.165) is 18.4 Å². The Hall–Kier alpha value is -0.960. The molecule has 2 unspecified atom stereocenters. The van der Waals surface area contributed by atoms with Crippen molar-refractivity contribution in [3.05, 3.63) is 23.6 Å². The van der Waals surface area contributed by atoms with Crippen LogP contribution in [0.15, 0.2) is 28.5 Å². The first-order chi connectivity index (χ1) is 7.31. The average Bonchev–Trinajstić information content (AvgIpc) is 2.74. The molecule has 2 nitrogen and oxygen atoms in total. The highest BCUT2D eigenvalue weighted by molar-refractivity contribution is 5.61. The molecule has 2 rings (SSSR count). The zero-order chi connectivity index (χ0) is 10.7. The second kappa shape index (κ2) is 4.71. The van der Waals surface area contributed by atoms with E-state index in [4.69, 9.17) is 5.11 Å². The first kappa shape index (κ1) is 10.6. The number of hydrogen-bond donors (Lipinski definition) is 1. The van der Waals surface area contributed by atoms with Crippen LogP contribution in [0.25, 0.3) is 0 Å². The molecule has 82 valence electrons. The molecule has 0 aromatic carbocycles. The van der Waals surface area contributed by atoms with Gasteiger partial charge >= 0.3 is 0 Å². The van der Waals surface area contributed by atoms with E-state index >= 15 is 0 Å². The molecule has 1 N–H and O–H groups in total. The number of halogens is 1. The zero-order valence-electron chi connectivity index (χ0n) is 8.69. The summed E-state index contributed by atoms with van der Waals surface area (Å²) in [5, 5.41) is 8.96. The molecule has 2 atom stereocenters. The van der Waals surface area contributed by atoms with Crippen LogP contribution in [0, 0.1) is 5.92 Å². The number of aliphatic hydroxyl groups excluding tert-OH is 1. The predicted octanol–water partition coefficient (Wildman–Crippen LogP) is 2.40. The molecule has 1 aliphatic carbocycles. The van der Waals surface area contributed by atoms with E-state index in [1.165, 1.54) is 0 Å². The number of aliphatic hydroxyl groups is 1. The molecule has 0 radical (unpaired) electrons. The van der Waals surface area contributed by atoms with E-state index in [2.05, 4.69) is 4.99 Å². The summed E-state index contributed by atoms with van der Waals surface area (Å²) in [6.07, 6.45) is 8.50. The van der Waals surface area contributed by atoms with Crippen molar-refractivity contribution in [1.82, 2.24) is 0 Å². The number of nitrogens with zero attached hydrogens (tertiary/aromatic N) is 1. The maximum Gasteiger partial charge on any atom is 0.119 e. The molecule has 15 heavy (non-hydrogen) atoms. The van der Waals surface area contributed by atoms with Gasteiger partial charge in [0.15, 0.2) is 0 Å². The summed E-state index contributed by atoms with van der Waals surface area (Å²) in [7, 11) is 0. The van der Waals surface area contributed by atoms with Crippen molar-refractivity contribution in [2.75, 3.05) is 6.61 Å². The zero-order valence-corrected chi connectivity index (χ0v) is 8.69. The fraction of sp³-hybridized carbons (Fsp3) is 0.583. The van der Waals surface area contributed by atoms with Crippen molar-refractivity contribution in [3.63, 3.8) is 0 Å². The lowest BCUT2D eigenvalue weighted by atomic mass is 9.84. The Balaban J connectivity index is 2.14. The molecule has 0 bridgehead atoms. The Morgan fingerprint density at radius 1 is 1.53 bits per heavy atom. The molecule has 0 aromatic rings. The lowest BCUT2D eigenvalue weighted by Crippen LogP contribution is -2.18. The highest BCUT2D eigenvalue weighted by Crippen LogP contribution is 2.33. The van der Waals surface area contributed by atoms with Crippen LogP contribution in [0.3, 0.4) is 0 Å². The van der Waals surface area contributed by atoms with Crippen molar-refractivity contribution in [2.24, 2.45) is 10.9 Å². The molecule has 3 heteroatoms. The van der Waals surface area contributed by atoms with Crippen molar-refractivity contribution in [1.29, 1.82) is 0 Å². The summed E-state index contributed by atoms with van der Waals surface area (Å²) in [5.41, 5.74) is 1.07. The summed E-state index contributed by atoms with van der Waals surface area (Å²) >= 11 is 0. The number of hydrogen-bond acceptors (Lipinski definition) is 2. The first-order valence-corrected chi connectivity index (χ1v) is 5.51. The molecule has 1 aliphatic heterocycles. The van der Waals surface area contributed by atoms with Crippen LogP contribution in [0.4, 0.5) is 4.39 Å². The molecule has 0 spiro atoms. The van der Waals surface area contributed by atoms with E-state index in [9.17, 15) is 4.39 Å². The summed E-state index contributed by atoms with van der Waals surface area (Å²) in [5.74, 6) is 0.121. The molecule has 0 fully saturated rings. The van der Waals surface area contributed by atoms with Gasteiger partial charge in [-0.05, 0) is 55.5 Å². The minimum atomic E-state index is -0.152. The third-order valence-corrected chi connectivity index (χ3v) is 3.09. The van der Waals surface area contributed by atoms with Crippen LogP contribution < -0.4 is 0 Å². The minimum Gasteiger partial charge on any atom is -0.396 e. The molecular weight excluding hydrogens is 193 g/mol. The molecule has 1 heterocycles. The molecule has 0 saturated heterocycles. The van der Waals surface area contributed by atoms with Gasteiger partial charge in [0.05, 0.1) is 6.04 Å². The SMILES string of the molecule is OCCC1CC=C(F)C=C1C1CCC=N1. The Morgan fingerprint density at radius 3 is 3.07 bits per heavy atom. The fourth-order valence-electron chi connectivity index (χ4n) is 2.30. The van der Waals surface area contributed by atoms with Crippen LogP contribution in [-0.4, -0.2) is 24.0 Å². The minimum absolute atomic E-state index is 0.152. The third kappa shape index (κ3) is 2.34. The van der Waals surface area contributed by atoms with Crippen molar-refractivity contribution in [3.8, 4) is 0 Å². The normalized spacial score (nSPS) is 30.3. The topological polar surface area (TPSA) is 32.6 Å². The van der Waals surface area contributed by atoms with E-state index in [1.54, 1.807) is 12.2 Å². The molecule has 0 amide bonds. The summed E-state index contributed by atoms with van der Waals surface area (Å²) in [4.78, 5) is 4.36. The largest absolute Gasteiger partial charge is 0.396 e. The van der Waals surface area contributed by atoms with Gasteiger partial charge in [0.1, 0.15) is 5.83 Å². The van der Waals surface area contributed by atoms with E-state index < -0.39 is 0 Å². The Bertz CT molecular complexity index is 320. The molecule has 0 aromatic heterocycles. The Morgan fingerprint density at radius 2 is 2.40 bits per heavy atom. The number of allylic oxidation sites excluding steroid dienone is 3. The molecule has 2 aliphatic rings. The van der Waals surface area contributed by atoms with Gasteiger partial charge in [-0.25, -0.2) is 4.39 Å². The van der Waals surface area contributed by atoms with Crippen LogP contribution >= 0.6 is 0 Å². The van der Waals surface area contributed by atoms with Crippen LogP contribution in [0.5, 0.6) is 0 Å². The third-order valence-electron chi connectivity index (χ3n) is 3.09. The van der Waals surface area contributed by atoms with Crippen molar-refractivity contribution >= 4 is 6.21 Å². The standard InChI is InChI=1S/C12H16FNO/c13-10-4-3-9(5-7-15)11(8-10)12-2-1-6-14-12/h4,6,8-9,12,15H,1-3,5,7H2. The van der Waals surface area contributed by atoms with E-state index in [0.29, 0.717) is 12.8 Å². The molecular formula is C12H16FNO. The summed E-state index contributed by atoms with van der Waals surface area (Å²) in [6, 6.07) is 0.154. The van der Waals surface area contributed by atoms with Crippen molar-refractivity contribution < 1.29 is 9.50 Å². The second-order valence-electron chi connectivity index (χ2n) is 4.10. The van der Waals surface area contributed by atoms with Gasteiger partial charge in [0.25, 0.3) is 0 Å². The van der Waals surface area contributed by atoms with Crippen LogP contribution in [0.1, 0.15) is 25.7 Å². The quantitative estimate of drug-likeness (QED) is 0.760. The van der Waals surface area contributed by atoms with Crippen molar-refractivity contribution in [2.45, 2.75) is 31.7 Å². The highest BCUT2D eigenvalue weighted by atomic mass is 19.1. The summed E-state index contributed by atoms with van der Waals surface area (Å²) < 4.78 is 13.2. The average molecular weight is 209 g/mol.